The zero-order valence-corrected chi connectivity index (χ0v) is 13.9. The highest BCUT2D eigenvalue weighted by atomic mass is 32.2. The van der Waals surface area contributed by atoms with Crippen LogP contribution in [0.25, 0.3) is 10.8 Å². The Balaban J connectivity index is 1.82. The molecule has 1 atom stereocenters. The quantitative estimate of drug-likeness (QED) is 0.898. The van der Waals surface area contributed by atoms with Crippen molar-refractivity contribution in [3.8, 4) is 6.07 Å². The molecule has 0 aromatic heterocycles. The summed E-state index contributed by atoms with van der Waals surface area (Å²) in [6.07, 6.45) is 0. The predicted octanol–water partition coefficient (Wildman–Crippen LogP) is 0.641. The molecule has 1 heterocycles. The van der Waals surface area contributed by atoms with Crippen LogP contribution in [0.15, 0.2) is 47.4 Å². The van der Waals surface area contributed by atoms with E-state index in [1.54, 1.807) is 12.1 Å². The number of benzene rings is 2. The molecule has 1 N–H and O–H groups in total. The summed E-state index contributed by atoms with van der Waals surface area (Å²) in [6.45, 7) is 4.12. The molecule has 2 aromatic carbocycles. The van der Waals surface area contributed by atoms with Crippen LogP contribution in [-0.2, 0) is 10.0 Å². The Labute approximate surface area is 136 Å². The standard InChI is InChI=1S/C17H19N3O2S/c1-14(13-18)19-8-10-20(11-9-19)23(21,22)17-7-6-15-4-2-3-5-16(15)12-17/h2-7,12,14H,8-11H2,1H3/p+1/t14-/m1/s1. The predicted molar refractivity (Wildman–Crippen MR) is 88.5 cm³/mol. The maximum Gasteiger partial charge on any atom is 0.243 e. The first-order valence-corrected chi connectivity index (χ1v) is 9.19. The molecule has 1 saturated heterocycles. The summed E-state index contributed by atoms with van der Waals surface area (Å²) in [6, 6.07) is 15.1. The van der Waals surface area contributed by atoms with Gasteiger partial charge in [0.05, 0.1) is 31.1 Å². The smallest absolute Gasteiger partial charge is 0.243 e. The van der Waals surface area contributed by atoms with Crippen LogP contribution in [0.4, 0.5) is 0 Å². The van der Waals surface area contributed by atoms with Crippen molar-refractivity contribution in [2.45, 2.75) is 17.9 Å². The van der Waals surface area contributed by atoms with Gasteiger partial charge in [0.25, 0.3) is 0 Å². The van der Waals surface area contributed by atoms with Crippen LogP contribution in [0.3, 0.4) is 0 Å². The van der Waals surface area contributed by atoms with E-state index in [1.807, 2.05) is 37.3 Å². The summed E-state index contributed by atoms with van der Waals surface area (Å²) in [5.74, 6) is 0. The minimum Gasteiger partial charge on any atom is -0.319 e. The number of fused-ring (bicyclic) bond motifs is 1. The van der Waals surface area contributed by atoms with Gasteiger partial charge >= 0.3 is 0 Å². The molecule has 2 aromatic rings. The summed E-state index contributed by atoms with van der Waals surface area (Å²) >= 11 is 0. The number of nitrogens with one attached hydrogen (secondary N) is 1. The zero-order chi connectivity index (χ0) is 16.4. The largest absolute Gasteiger partial charge is 0.319 e. The van der Waals surface area contributed by atoms with Crippen molar-refractivity contribution < 1.29 is 13.3 Å². The minimum atomic E-state index is -3.47. The molecule has 1 aliphatic heterocycles. The molecule has 0 aliphatic carbocycles. The number of hydrogen-bond donors (Lipinski definition) is 1. The fourth-order valence-corrected chi connectivity index (χ4v) is 4.49. The highest BCUT2D eigenvalue weighted by molar-refractivity contribution is 7.89. The van der Waals surface area contributed by atoms with Gasteiger partial charge in [0.15, 0.2) is 6.04 Å². The molecular weight excluding hydrogens is 310 g/mol. The Bertz CT molecular complexity index is 850. The SMILES string of the molecule is C[C@H](C#N)[NH+]1CCN(S(=O)(=O)c2ccc3ccccc3c2)CC1. The lowest BCUT2D eigenvalue weighted by Crippen LogP contribution is -3.17. The number of quaternary nitrogens is 1. The Morgan fingerprint density at radius 1 is 1.13 bits per heavy atom. The Morgan fingerprint density at radius 3 is 2.43 bits per heavy atom. The van der Waals surface area contributed by atoms with E-state index >= 15 is 0 Å². The average molecular weight is 330 g/mol. The summed E-state index contributed by atoms with van der Waals surface area (Å²) in [5.41, 5.74) is 0. The van der Waals surface area contributed by atoms with Gasteiger partial charge in [-0.25, -0.2) is 8.42 Å². The topological polar surface area (TPSA) is 65.6 Å². The lowest BCUT2D eigenvalue weighted by molar-refractivity contribution is -0.918. The third-order valence-corrected chi connectivity index (χ3v) is 6.42. The maximum atomic E-state index is 12.8. The fourth-order valence-electron chi connectivity index (χ4n) is 3.02. The lowest BCUT2D eigenvalue weighted by Gasteiger charge is -2.32. The van der Waals surface area contributed by atoms with Gasteiger partial charge in [-0.15, -0.1) is 0 Å². The van der Waals surface area contributed by atoms with E-state index in [9.17, 15) is 8.42 Å². The van der Waals surface area contributed by atoms with Gasteiger partial charge in [0, 0.05) is 6.92 Å². The second kappa shape index (κ2) is 6.28. The first kappa shape index (κ1) is 15.9. The Hall–Kier alpha value is -1.94. The van der Waals surface area contributed by atoms with Gasteiger partial charge in [-0.3, -0.25) is 0 Å². The molecule has 120 valence electrons. The van der Waals surface area contributed by atoms with Crippen molar-refractivity contribution in [1.29, 1.82) is 5.26 Å². The zero-order valence-electron chi connectivity index (χ0n) is 13.1. The van der Waals surface area contributed by atoms with Gasteiger partial charge < -0.3 is 4.90 Å². The van der Waals surface area contributed by atoms with Gasteiger partial charge in [-0.1, -0.05) is 30.3 Å². The summed E-state index contributed by atoms with van der Waals surface area (Å²) in [7, 11) is -3.47. The number of sulfonamides is 1. The third-order valence-electron chi connectivity index (χ3n) is 4.53. The summed E-state index contributed by atoms with van der Waals surface area (Å²) in [5, 5.41) is 10.9. The summed E-state index contributed by atoms with van der Waals surface area (Å²) < 4.78 is 27.2. The van der Waals surface area contributed by atoms with E-state index in [0.717, 1.165) is 15.7 Å². The monoisotopic (exact) mass is 330 g/mol. The van der Waals surface area contributed by atoms with Crippen molar-refractivity contribution >= 4 is 20.8 Å². The molecule has 0 unspecified atom stereocenters. The highest BCUT2D eigenvalue weighted by Crippen LogP contribution is 2.21. The fraction of sp³-hybridized carbons (Fsp3) is 0.353. The van der Waals surface area contributed by atoms with Crippen LogP contribution in [0.2, 0.25) is 0 Å². The second-order valence-electron chi connectivity index (χ2n) is 5.92. The van der Waals surface area contributed by atoms with Crippen LogP contribution in [-0.4, -0.2) is 44.9 Å². The Morgan fingerprint density at radius 2 is 1.78 bits per heavy atom. The lowest BCUT2D eigenvalue weighted by atomic mass is 10.1. The molecule has 6 heteroatoms. The molecule has 0 saturated carbocycles. The number of piperazine rings is 1. The molecule has 5 nitrogen and oxygen atoms in total. The van der Waals surface area contributed by atoms with Crippen LogP contribution in [0, 0.1) is 11.3 Å². The van der Waals surface area contributed by atoms with Crippen molar-refractivity contribution in [3.63, 3.8) is 0 Å². The molecule has 0 radical (unpaired) electrons. The number of hydrogen-bond acceptors (Lipinski definition) is 3. The number of nitrogens with zero attached hydrogens (tertiary/aromatic N) is 2. The van der Waals surface area contributed by atoms with E-state index in [-0.39, 0.29) is 6.04 Å². The van der Waals surface area contributed by atoms with Gasteiger partial charge in [0.2, 0.25) is 10.0 Å². The highest BCUT2D eigenvalue weighted by Gasteiger charge is 2.32. The molecule has 3 rings (SSSR count). The normalized spacial score (nSPS) is 18.6. The maximum absolute atomic E-state index is 12.8. The van der Waals surface area contributed by atoms with Crippen molar-refractivity contribution in [2.24, 2.45) is 0 Å². The van der Waals surface area contributed by atoms with Crippen molar-refractivity contribution in [2.75, 3.05) is 26.2 Å². The van der Waals surface area contributed by atoms with E-state index in [4.69, 9.17) is 5.26 Å². The summed E-state index contributed by atoms with van der Waals surface area (Å²) in [4.78, 5) is 1.49. The van der Waals surface area contributed by atoms with Crippen LogP contribution < -0.4 is 4.90 Å². The van der Waals surface area contributed by atoms with Gasteiger partial charge in [0.1, 0.15) is 6.07 Å². The molecule has 0 bridgehead atoms. The molecule has 23 heavy (non-hydrogen) atoms. The number of rotatable bonds is 3. The molecule has 1 aliphatic rings. The second-order valence-corrected chi connectivity index (χ2v) is 7.86. The minimum absolute atomic E-state index is 0.0967. The third kappa shape index (κ3) is 3.08. The van der Waals surface area contributed by atoms with E-state index in [2.05, 4.69) is 6.07 Å². The van der Waals surface area contributed by atoms with E-state index in [0.29, 0.717) is 31.1 Å². The molecule has 0 spiro atoms. The van der Waals surface area contributed by atoms with Gasteiger partial charge in [-0.05, 0) is 22.9 Å². The van der Waals surface area contributed by atoms with Crippen molar-refractivity contribution in [1.82, 2.24) is 4.31 Å². The average Bonchev–Trinajstić information content (AvgIpc) is 2.60. The van der Waals surface area contributed by atoms with Gasteiger partial charge in [-0.2, -0.15) is 9.57 Å². The van der Waals surface area contributed by atoms with Crippen LogP contribution >= 0.6 is 0 Å². The molecular formula is C17H20N3O2S+. The number of nitriles is 1. The van der Waals surface area contributed by atoms with Crippen LogP contribution in [0.5, 0.6) is 0 Å². The van der Waals surface area contributed by atoms with Crippen LogP contribution in [0.1, 0.15) is 6.92 Å². The molecule has 1 fully saturated rings. The molecule has 0 amide bonds. The first-order valence-electron chi connectivity index (χ1n) is 7.75. The van der Waals surface area contributed by atoms with Crippen molar-refractivity contribution in [3.05, 3.63) is 42.5 Å². The van der Waals surface area contributed by atoms with E-state index < -0.39 is 10.0 Å². The first-order chi connectivity index (χ1) is 11.0. The Kier molecular flexibility index (Phi) is 4.35. The van der Waals surface area contributed by atoms with E-state index in [1.165, 1.54) is 4.31 Å².